The number of hydrogen-bond donors (Lipinski definition) is 2. The van der Waals surface area contributed by atoms with Crippen molar-refractivity contribution in [3.8, 4) is 0 Å². The maximum Gasteiger partial charge on any atom is 0.242 e. The maximum absolute atomic E-state index is 12.5. The van der Waals surface area contributed by atoms with Gasteiger partial charge in [0, 0.05) is 37.5 Å². The minimum Gasteiger partial charge on any atom is -0.396 e. The molecule has 1 aromatic heterocycles. The van der Waals surface area contributed by atoms with Crippen molar-refractivity contribution in [3.05, 3.63) is 54.6 Å². The van der Waals surface area contributed by atoms with Gasteiger partial charge in [-0.05, 0) is 17.4 Å². The maximum atomic E-state index is 12.5. The van der Waals surface area contributed by atoms with Crippen molar-refractivity contribution in [2.45, 2.75) is 18.6 Å². The second-order valence-corrected chi connectivity index (χ2v) is 6.81. The van der Waals surface area contributed by atoms with Crippen LogP contribution < -0.4 is 0 Å². The lowest BCUT2D eigenvalue weighted by atomic mass is 9.95. The highest BCUT2D eigenvalue weighted by Crippen LogP contribution is 2.68. The summed E-state index contributed by atoms with van der Waals surface area (Å²) >= 11 is 0. The van der Waals surface area contributed by atoms with Gasteiger partial charge in [-0.15, -0.1) is 0 Å². The molecule has 6 nitrogen and oxygen atoms in total. The van der Waals surface area contributed by atoms with Crippen molar-refractivity contribution >= 4 is 5.91 Å². The predicted molar refractivity (Wildman–Crippen MR) is 87.0 cm³/mol. The lowest BCUT2D eigenvalue weighted by Crippen LogP contribution is -2.32. The molecule has 0 bridgehead atoms. The molecule has 1 aliphatic carbocycles. The van der Waals surface area contributed by atoms with E-state index in [0.717, 1.165) is 5.56 Å². The Morgan fingerprint density at radius 2 is 2.12 bits per heavy atom. The third kappa shape index (κ3) is 2.25. The van der Waals surface area contributed by atoms with Crippen LogP contribution in [0.4, 0.5) is 0 Å². The van der Waals surface area contributed by atoms with Crippen LogP contribution in [0.2, 0.25) is 0 Å². The minimum atomic E-state index is -0.605. The van der Waals surface area contributed by atoms with E-state index in [4.69, 9.17) is 0 Å². The van der Waals surface area contributed by atoms with Gasteiger partial charge in [0.1, 0.15) is 6.54 Å². The van der Waals surface area contributed by atoms with Crippen LogP contribution in [0, 0.1) is 11.3 Å². The number of aromatic nitrogens is 2. The van der Waals surface area contributed by atoms with E-state index in [2.05, 4.69) is 4.98 Å². The number of imidazole rings is 1. The van der Waals surface area contributed by atoms with Crippen LogP contribution in [0.1, 0.15) is 11.5 Å². The number of likely N-dealkylation sites (tertiary alicyclic amines) is 1. The minimum absolute atomic E-state index is 0.000875. The lowest BCUT2D eigenvalue weighted by molar-refractivity contribution is -0.131. The molecule has 4 rings (SSSR count). The Kier molecular flexibility index (Phi) is 3.66. The van der Waals surface area contributed by atoms with E-state index in [1.165, 1.54) is 0 Å². The molecule has 2 heterocycles. The van der Waals surface area contributed by atoms with Crippen LogP contribution in [0.5, 0.6) is 0 Å². The van der Waals surface area contributed by atoms with Gasteiger partial charge in [0.25, 0.3) is 0 Å². The highest BCUT2D eigenvalue weighted by Gasteiger charge is 2.71. The zero-order chi connectivity index (χ0) is 16.7. The van der Waals surface area contributed by atoms with Crippen molar-refractivity contribution in [3.63, 3.8) is 0 Å². The molecule has 0 radical (unpaired) electrons. The molecule has 24 heavy (non-hydrogen) atoms. The first-order valence-electron chi connectivity index (χ1n) is 8.24. The molecule has 0 unspecified atom stereocenters. The Morgan fingerprint density at radius 1 is 1.33 bits per heavy atom. The fourth-order valence-corrected chi connectivity index (χ4v) is 4.39. The average Bonchev–Trinajstić information content (AvgIpc) is 2.87. The number of β-amino-alcohol motifs (C(OH)–C–C–N with tert-alkyl or cyclic N) is 1. The Hall–Kier alpha value is -2.18. The fourth-order valence-electron chi connectivity index (χ4n) is 4.39. The molecule has 1 saturated heterocycles. The normalized spacial score (nSPS) is 31.6. The molecule has 1 aliphatic heterocycles. The van der Waals surface area contributed by atoms with Crippen LogP contribution in [0.3, 0.4) is 0 Å². The number of hydrogen-bond acceptors (Lipinski definition) is 4. The number of carbonyl (C=O) groups excluding carboxylic acids is 1. The average molecular weight is 327 g/mol. The summed E-state index contributed by atoms with van der Waals surface area (Å²) in [5.74, 6) is 0.0741. The molecule has 126 valence electrons. The second-order valence-electron chi connectivity index (χ2n) is 6.81. The SMILES string of the molecule is O=C(Cn1ccnc1)N1C[C@H](O)[C@@]2(C1)[C@H](CO)[C@H]2c1ccccc1. The molecular formula is C18H21N3O3. The molecule has 4 atom stereocenters. The van der Waals surface area contributed by atoms with Crippen LogP contribution >= 0.6 is 0 Å². The quantitative estimate of drug-likeness (QED) is 0.856. The number of aliphatic hydroxyl groups excluding tert-OH is 2. The summed E-state index contributed by atoms with van der Waals surface area (Å²) in [4.78, 5) is 18.2. The Morgan fingerprint density at radius 3 is 2.79 bits per heavy atom. The number of rotatable bonds is 4. The topological polar surface area (TPSA) is 78.6 Å². The van der Waals surface area contributed by atoms with Crippen LogP contribution in [0.25, 0.3) is 0 Å². The first-order valence-corrected chi connectivity index (χ1v) is 8.24. The predicted octanol–water partition coefficient (Wildman–Crippen LogP) is 0.478. The molecule has 2 aliphatic rings. The number of benzene rings is 1. The van der Waals surface area contributed by atoms with Crippen molar-refractivity contribution in [1.82, 2.24) is 14.5 Å². The number of aliphatic hydroxyl groups is 2. The first kappa shape index (κ1) is 15.4. The molecule has 1 aromatic carbocycles. The number of carbonyl (C=O) groups is 1. The molecule has 6 heteroatoms. The van der Waals surface area contributed by atoms with Gasteiger partial charge < -0.3 is 19.7 Å². The number of nitrogens with zero attached hydrogens (tertiary/aromatic N) is 3. The summed E-state index contributed by atoms with van der Waals surface area (Å²) in [6, 6.07) is 9.96. The summed E-state index contributed by atoms with van der Waals surface area (Å²) in [5, 5.41) is 20.5. The summed E-state index contributed by atoms with van der Waals surface area (Å²) in [6.07, 6.45) is 4.40. The van der Waals surface area contributed by atoms with Gasteiger partial charge >= 0.3 is 0 Å². The third-order valence-electron chi connectivity index (χ3n) is 5.63. The summed E-state index contributed by atoms with van der Waals surface area (Å²) < 4.78 is 1.73. The van der Waals surface area contributed by atoms with E-state index in [-0.39, 0.29) is 30.9 Å². The lowest BCUT2D eigenvalue weighted by Gasteiger charge is -2.17. The van der Waals surface area contributed by atoms with E-state index in [1.807, 2.05) is 30.3 Å². The number of amides is 1. The highest BCUT2D eigenvalue weighted by atomic mass is 16.3. The second kappa shape index (κ2) is 5.72. The van der Waals surface area contributed by atoms with Crippen LogP contribution in [-0.2, 0) is 11.3 Å². The van der Waals surface area contributed by atoms with E-state index >= 15 is 0 Å². The summed E-state index contributed by atoms with van der Waals surface area (Å²) in [5.41, 5.74) is 0.709. The van der Waals surface area contributed by atoms with Crippen LogP contribution in [-0.4, -0.2) is 56.4 Å². The molecule has 2 aromatic rings. The Balaban J connectivity index is 1.53. The van der Waals surface area contributed by atoms with Gasteiger partial charge in [-0.3, -0.25) is 4.79 Å². The summed E-state index contributed by atoms with van der Waals surface area (Å²) in [6.45, 7) is 1.07. The monoisotopic (exact) mass is 327 g/mol. The molecule has 1 saturated carbocycles. The van der Waals surface area contributed by atoms with Gasteiger partial charge in [0.15, 0.2) is 0 Å². The highest BCUT2D eigenvalue weighted by molar-refractivity contribution is 5.76. The summed E-state index contributed by atoms with van der Waals surface area (Å²) in [7, 11) is 0. The Labute approximate surface area is 140 Å². The fraction of sp³-hybridized carbons (Fsp3) is 0.444. The van der Waals surface area contributed by atoms with Crippen LogP contribution in [0.15, 0.2) is 49.1 Å². The van der Waals surface area contributed by atoms with Gasteiger partial charge in [-0.1, -0.05) is 30.3 Å². The van der Waals surface area contributed by atoms with Crippen molar-refractivity contribution in [2.75, 3.05) is 19.7 Å². The third-order valence-corrected chi connectivity index (χ3v) is 5.63. The molecular weight excluding hydrogens is 306 g/mol. The molecule has 1 spiro atoms. The smallest absolute Gasteiger partial charge is 0.242 e. The zero-order valence-corrected chi connectivity index (χ0v) is 13.3. The van der Waals surface area contributed by atoms with Crippen molar-refractivity contribution in [1.29, 1.82) is 0 Å². The van der Waals surface area contributed by atoms with Gasteiger partial charge in [0.05, 0.1) is 12.4 Å². The van der Waals surface area contributed by atoms with E-state index < -0.39 is 11.5 Å². The largest absolute Gasteiger partial charge is 0.396 e. The standard InChI is InChI=1S/C18H21N3O3/c22-10-14-17(13-4-2-1-3-5-13)18(14)11-21(8-15(18)23)16(24)9-20-7-6-19-12-20/h1-7,12,14-15,17,22-23H,8-11H2/t14-,15+,17-,18-/m1/s1. The molecule has 2 N–H and O–H groups in total. The molecule has 2 fully saturated rings. The van der Waals surface area contributed by atoms with E-state index in [1.54, 1.807) is 28.2 Å². The Bertz CT molecular complexity index is 718. The van der Waals surface area contributed by atoms with Crippen molar-refractivity contribution in [2.24, 2.45) is 11.3 Å². The van der Waals surface area contributed by atoms with Gasteiger partial charge in [-0.2, -0.15) is 0 Å². The van der Waals surface area contributed by atoms with E-state index in [0.29, 0.717) is 13.1 Å². The first-order chi connectivity index (χ1) is 11.7. The van der Waals surface area contributed by atoms with Gasteiger partial charge in [0.2, 0.25) is 5.91 Å². The van der Waals surface area contributed by atoms with E-state index in [9.17, 15) is 15.0 Å². The molecule has 1 amide bonds. The van der Waals surface area contributed by atoms with Gasteiger partial charge in [-0.25, -0.2) is 4.98 Å². The zero-order valence-electron chi connectivity index (χ0n) is 13.3. The van der Waals surface area contributed by atoms with Crippen molar-refractivity contribution < 1.29 is 15.0 Å².